The first-order valence-corrected chi connectivity index (χ1v) is 9.00. The second-order valence-electron chi connectivity index (χ2n) is 7.34. The second kappa shape index (κ2) is 6.17. The first-order chi connectivity index (χ1) is 12.1. The predicted octanol–water partition coefficient (Wildman–Crippen LogP) is 2.36. The van der Waals surface area contributed by atoms with Crippen molar-refractivity contribution in [3.8, 4) is 0 Å². The Labute approximate surface area is 146 Å². The number of hydrogen-bond acceptors (Lipinski definition) is 3. The topological polar surface area (TPSA) is 86.7 Å². The van der Waals surface area contributed by atoms with Crippen LogP contribution in [0.25, 0.3) is 0 Å². The van der Waals surface area contributed by atoms with Crippen molar-refractivity contribution in [2.24, 2.45) is 5.92 Å². The molecule has 1 aromatic rings. The van der Waals surface area contributed by atoms with Crippen LogP contribution in [0.3, 0.4) is 0 Å². The highest BCUT2D eigenvalue weighted by Gasteiger charge is 2.49. The molecular formula is C19H22N2O4. The molecule has 0 unspecified atom stereocenters. The molecule has 4 rings (SSSR count). The minimum Gasteiger partial charge on any atom is -0.480 e. The molecule has 25 heavy (non-hydrogen) atoms. The number of nitrogens with one attached hydrogen (secondary N) is 1. The van der Waals surface area contributed by atoms with E-state index in [4.69, 9.17) is 0 Å². The molecule has 3 aliphatic rings. The molecule has 1 aromatic carbocycles. The van der Waals surface area contributed by atoms with Gasteiger partial charge in [-0.1, -0.05) is 31.0 Å². The van der Waals surface area contributed by atoms with Gasteiger partial charge in [0, 0.05) is 18.2 Å². The quantitative estimate of drug-likeness (QED) is 0.864. The van der Waals surface area contributed by atoms with Crippen LogP contribution in [0.1, 0.15) is 50.0 Å². The number of carbonyl (C=O) groups is 3. The van der Waals surface area contributed by atoms with E-state index in [1.54, 1.807) is 11.0 Å². The molecule has 4 atom stereocenters. The standard InChI is InChI=1S/C19H22N2O4/c22-17-10-13(12-6-2-3-7-14(12)20-17)18(23)21-15-8-4-1-5-11(15)9-16(21)19(24)25/h2-3,6-7,11,13,15-16H,1,4-5,8-10H2,(H,20,22)(H,24,25)/t11-,13-,15+,16-/m0/s1. The van der Waals surface area contributed by atoms with Gasteiger partial charge >= 0.3 is 5.97 Å². The van der Waals surface area contributed by atoms with Gasteiger partial charge in [-0.25, -0.2) is 4.79 Å². The van der Waals surface area contributed by atoms with E-state index in [2.05, 4.69) is 5.32 Å². The Balaban J connectivity index is 1.69. The molecule has 0 radical (unpaired) electrons. The predicted molar refractivity (Wildman–Crippen MR) is 91.1 cm³/mol. The monoisotopic (exact) mass is 342 g/mol. The lowest BCUT2D eigenvalue weighted by atomic mass is 9.84. The van der Waals surface area contributed by atoms with E-state index in [1.807, 2.05) is 18.2 Å². The van der Waals surface area contributed by atoms with Crippen LogP contribution in [0.4, 0.5) is 5.69 Å². The minimum absolute atomic E-state index is 0.000463. The first-order valence-electron chi connectivity index (χ1n) is 9.00. The summed E-state index contributed by atoms with van der Waals surface area (Å²) < 4.78 is 0. The summed E-state index contributed by atoms with van der Waals surface area (Å²) in [6, 6.07) is 6.53. The van der Waals surface area contributed by atoms with E-state index in [0.29, 0.717) is 12.1 Å². The Bertz CT molecular complexity index is 732. The van der Waals surface area contributed by atoms with E-state index in [1.165, 1.54) is 0 Å². The number of carboxylic acid groups (broad SMARTS) is 1. The molecule has 0 aromatic heterocycles. The van der Waals surface area contributed by atoms with E-state index >= 15 is 0 Å². The summed E-state index contributed by atoms with van der Waals surface area (Å²) >= 11 is 0. The van der Waals surface area contributed by atoms with E-state index in [0.717, 1.165) is 31.2 Å². The van der Waals surface area contributed by atoms with Gasteiger partial charge in [-0.3, -0.25) is 9.59 Å². The third-order valence-electron chi connectivity index (χ3n) is 5.93. The third kappa shape index (κ3) is 2.69. The van der Waals surface area contributed by atoms with Crippen LogP contribution >= 0.6 is 0 Å². The van der Waals surface area contributed by atoms with E-state index < -0.39 is 17.9 Å². The van der Waals surface area contributed by atoms with Gasteiger partial charge in [-0.2, -0.15) is 0 Å². The van der Waals surface area contributed by atoms with Crippen LogP contribution in [0.15, 0.2) is 24.3 Å². The average molecular weight is 342 g/mol. The highest BCUT2D eigenvalue weighted by Crippen LogP contribution is 2.43. The van der Waals surface area contributed by atoms with Crippen molar-refractivity contribution in [2.75, 3.05) is 5.32 Å². The van der Waals surface area contributed by atoms with Gasteiger partial charge in [0.05, 0.1) is 5.92 Å². The maximum atomic E-state index is 13.4. The van der Waals surface area contributed by atoms with Crippen LogP contribution in [0.5, 0.6) is 0 Å². The summed E-state index contributed by atoms with van der Waals surface area (Å²) in [5, 5.41) is 12.5. The second-order valence-corrected chi connectivity index (χ2v) is 7.34. The van der Waals surface area contributed by atoms with Gasteiger partial charge in [0.1, 0.15) is 6.04 Å². The maximum absolute atomic E-state index is 13.4. The summed E-state index contributed by atoms with van der Waals surface area (Å²) in [6.07, 6.45) is 4.59. The Morgan fingerprint density at radius 3 is 2.72 bits per heavy atom. The smallest absolute Gasteiger partial charge is 0.326 e. The number of carbonyl (C=O) groups excluding carboxylic acids is 2. The van der Waals surface area contributed by atoms with Crippen molar-refractivity contribution in [2.45, 2.75) is 56.5 Å². The van der Waals surface area contributed by atoms with Gasteiger partial charge in [0.15, 0.2) is 0 Å². The number of amides is 2. The first kappa shape index (κ1) is 16.1. The zero-order chi connectivity index (χ0) is 17.6. The average Bonchev–Trinajstić information content (AvgIpc) is 3.00. The number of hydrogen-bond donors (Lipinski definition) is 2. The lowest BCUT2D eigenvalue weighted by Gasteiger charge is -2.36. The largest absolute Gasteiger partial charge is 0.480 e. The Morgan fingerprint density at radius 1 is 1.16 bits per heavy atom. The maximum Gasteiger partial charge on any atom is 0.326 e. The normalized spacial score (nSPS) is 31.0. The zero-order valence-electron chi connectivity index (χ0n) is 14.0. The molecule has 132 valence electrons. The number of nitrogens with zero attached hydrogens (tertiary/aromatic N) is 1. The van der Waals surface area contributed by atoms with Gasteiger partial charge in [-0.15, -0.1) is 0 Å². The Hall–Kier alpha value is -2.37. The number of likely N-dealkylation sites (tertiary alicyclic amines) is 1. The molecule has 1 saturated heterocycles. The fourth-order valence-corrected chi connectivity index (χ4v) is 4.81. The summed E-state index contributed by atoms with van der Waals surface area (Å²) in [5.74, 6) is -1.65. The highest BCUT2D eigenvalue weighted by atomic mass is 16.4. The molecule has 1 saturated carbocycles. The summed E-state index contributed by atoms with van der Waals surface area (Å²) in [4.78, 5) is 38.8. The lowest BCUT2D eigenvalue weighted by Crippen LogP contribution is -2.49. The van der Waals surface area contributed by atoms with Crippen LogP contribution in [0, 0.1) is 5.92 Å². The Morgan fingerprint density at radius 2 is 1.92 bits per heavy atom. The van der Waals surface area contributed by atoms with Crippen molar-refractivity contribution in [3.05, 3.63) is 29.8 Å². The molecular weight excluding hydrogens is 320 g/mol. The minimum atomic E-state index is -0.934. The molecule has 2 fully saturated rings. The van der Waals surface area contributed by atoms with Crippen molar-refractivity contribution in [3.63, 3.8) is 0 Å². The van der Waals surface area contributed by atoms with Crippen molar-refractivity contribution in [1.82, 2.24) is 4.90 Å². The van der Waals surface area contributed by atoms with Crippen molar-refractivity contribution < 1.29 is 19.5 Å². The fourth-order valence-electron chi connectivity index (χ4n) is 4.81. The number of benzene rings is 1. The molecule has 2 aliphatic heterocycles. The third-order valence-corrected chi connectivity index (χ3v) is 5.93. The fraction of sp³-hybridized carbons (Fsp3) is 0.526. The summed E-state index contributed by atoms with van der Waals surface area (Å²) in [7, 11) is 0. The van der Waals surface area contributed by atoms with E-state index in [9.17, 15) is 19.5 Å². The van der Waals surface area contributed by atoms with Crippen molar-refractivity contribution >= 4 is 23.5 Å². The van der Waals surface area contributed by atoms with Gasteiger partial charge in [0.25, 0.3) is 0 Å². The van der Waals surface area contributed by atoms with Crippen LogP contribution < -0.4 is 5.32 Å². The number of anilines is 1. The zero-order valence-corrected chi connectivity index (χ0v) is 14.0. The highest BCUT2D eigenvalue weighted by molar-refractivity contribution is 6.02. The van der Waals surface area contributed by atoms with Crippen LogP contribution in [0.2, 0.25) is 0 Å². The van der Waals surface area contributed by atoms with Gasteiger partial charge in [-0.05, 0) is 36.8 Å². The molecule has 2 amide bonds. The number of rotatable bonds is 2. The van der Waals surface area contributed by atoms with E-state index in [-0.39, 0.29) is 30.2 Å². The summed E-state index contributed by atoms with van der Waals surface area (Å²) in [6.45, 7) is 0. The molecule has 2 heterocycles. The summed E-state index contributed by atoms with van der Waals surface area (Å²) in [5.41, 5.74) is 1.44. The molecule has 1 aliphatic carbocycles. The molecule has 6 nitrogen and oxygen atoms in total. The number of fused-ring (bicyclic) bond motifs is 2. The Kier molecular flexibility index (Phi) is 3.98. The number of aliphatic carboxylic acids is 1. The molecule has 6 heteroatoms. The lowest BCUT2D eigenvalue weighted by molar-refractivity contribution is -0.150. The van der Waals surface area contributed by atoms with Crippen LogP contribution in [-0.2, 0) is 14.4 Å². The molecule has 2 N–H and O–H groups in total. The number of para-hydroxylation sites is 1. The molecule has 0 bridgehead atoms. The van der Waals surface area contributed by atoms with Gasteiger partial charge < -0.3 is 15.3 Å². The van der Waals surface area contributed by atoms with Gasteiger partial charge in [0.2, 0.25) is 11.8 Å². The van der Waals surface area contributed by atoms with Crippen LogP contribution in [-0.4, -0.2) is 39.9 Å². The van der Waals surface area contributed by atoms with Crippen molar-refractivity contribution in [1.29, 1.82) is 0 Å². The molecule has 0 spiro atoms. The number of carboxylic acids is 1. The SMILES string of the molecule is O=C1C[C@H](C(=O)N2[C@@H]3CCCC[C@H]3C[C@H]2C(=O)O)c2ccccc2N1.